The minimum atomic E-state index is -0.387. The Bertz CT molecular complexity index is 619. The summed E-state index contributed by atoms with van der Waals surface area (Å²) >= 11 is 4.95. The maximum Gasteiger partial charge on any atom is 0.269 e. The number of carbonyl (C=O) groups excluding carboxylic acids is 1. The van der Waals surface area contributed by atoms with Crippen LogP contribution in [0.5, 0.6) is 0 Å². The van der Waals surface area contributed by atoms with Gasteiger partial charge < -0.3 is 4.42 Å². The number of carbonyl (C=O) groups is 1. The summed E-state index contributed by atoms with van der Waals surface area (Å²) in [6, 6.07) is 3.46. The van der Waals surface area contributed by atoms with Gasteiger partial charge in [0.1, 0.15) is 5.76 Å². The van der Waals surface area contributed by atoms with Crippen molar-refractivity contribution in [3.63, 3.8) is 0 Å². The molecule has 1 amide bonds. The number of aromatic nitrogens is 4. The average molecular weight is 292 g/mol. The molecule has 0 aromatic carbocycles. The van der Waals surface area contributed by atoms with Crippen molar-refractivity contribution in [2.45, 2.75) is 13.5 Å². The van der Waals surface area contributed by atoms with Crippen LogP contribution in [0.3, 0.4) is 0 Å². The summed E-state index contributed by atoms with van der Waals surface area (Å²) in [4.78, 5) is 13.0. The number of nitrogens with one attached hydrogen (secondary N) is 2. The number of hydrogen-bond acceptors (Lipinski definition) is 6. The zero-order valence-electron chi connectivity index (χ0n) is 10.6. The van der Waals surface area contributed by atoms with Gasteiger partial charge in [0.25, 0.3) is 5.95 Å². The lowest BCUT2D eigenvalue weighted by molar-refractivity contribution is -0.115. The highest BCUT2D eigenvalue weighted by Crippen LogP contribution is 2.01. The number of thiocarbonyl (C=S) groups is 1. The second-order valence-corrected chi connectivity index (χ2v) is 4.00. The Labute approximate surface area is 119 Å². The van der Waals surface area contributed by atoms with Crippen molar-refractivity contribution < 1.29 is 9.21 Å². The normalized spacial score (nSPS) is 10.7. The second kappa shape index (κ2) is 6.57. The Morgan fingerprint density at radius 2 is 2.45 bits per heavy atom. The van der Waals surface area contributed by atoms with E-state index < -0.39 is 0 Å². The van der Waals surface area contributed by atoms with Gasteiger partial charge in [-0.3, -0.25) is 15.4 Å². The van der Waals surface area contributed by atoms with Crippen LogP contribution >= 0.6 is 12.2 Å². The fourth-order valence-electron chi connectivity index (χ4n) is 1.26. The molecule has 9 heteroatoms. The lowest BCUT2D eigenvalue weighted by Gasteiger charge is -2.03. The molecule has 0 aliphatic heterocycles. The molecule has 0 aliphatic carbocycles. The smallest absolute Gasteiger partial charge is 0.269 e. The maximum atomic E-state index is 11.6. The van der Waals surface area contributed by atoms with Crippen molar-refractivity contribution in [2.75, 3.05) is 5.32 Å². The van der Waals surface area contributed by atoms with Crippen molar-refractivity contribution in [3.05, 3.63) is 30.2 Å². The van der Waals surface area contributed by atoms with Gasteiger partial charge in [-0.25, -0.2) is 0 Å². The molecule has 8 nitrogen and oxygen atoms in total. The van der Waals surface area contributed by atoms with Crippen molar-refractivity contribution in [1.82, 2.24) is 25.5 Å². The zero-order chi connectivity index (χ0) is 14.4. The van der Waals surface area contributed by atoms with Gasteiger partial charge in [-0.15, -0.1) is 5.10 Å². The summed E-state index contributed by atoms with van der Waals surface area (Å²) in [7, 11) is 0. The van der Waals surface area contributed by atoms with E-state index in [0.29, 0.717) is 12.3 Å². The Hall–Kier alpha value is -2.55. The predicted molar refractivity (Wildman–Crippen MR) is 75.6 cm³/mol. The molecule has 2 aromatic heterocycles. The summed E-state index contributed by atoms with van der Waals surface area (Å²) in [5.74, 6) is 0.417. The second-order valence-electron chi connectivity index (χ2n) is 3.59. The van der Waals surface area contributed by atoms with Gasteiger partial charge in [0, 0.05) is 6.08 Å². The molecule has 0 aliphatic rings. The van der Waals surface area contributed by atoms with Crippen LogP contribution in [0, 0.1) is 0 Å². The van der Waals surface area contributed by atoms with E-state index in [1.54, 1.807) is 12.1 Å². The number of tetrazole rings is 1. The van der Waals surface area contributed by atoms with Crippen molar-refractivity contribution in [1.29, 1.82) is 0 Å². The molecule has 104 valence electrons. The van der Waals surface area contributed by atoms with E-state index in [1.165, 1.54) is 23.2 Å². The van der Waals surface area contributed by atoms with Crippen molar-refractivity contribution >= 4 is 35.3 Å². The first-order valence-electron chi connectivity index (χ1n) is 5.78. The lowest BCUT2D eigenvalue weighted by Crippen LogP contribution is -2.33. The van der Waals surface area contributed by atoms with Crippen LogP contribution in [-0.4, -0.2) is 31.2 Å². The molecule has 2 N–H and O–H groups in total. The van der Waals surface area contributed by atoms with Crippen LogP contribution in [-0.2, 0) is 11.3 Å². The van der Waals surface area contributed by atoms with E-state index in [1.807, 2.05) is 6.92 Å². The van der Waals surface area contributed by atoms with Crippen LogP contribution in [0.2, 0.25) is 0 Å². The summed E-state index contributed by atoms with van der Waals surface area (Å²) in [5, 5.41) is 16.6. The number of rotatable bonds is 4. The highest BCUT2D eigenvalue weighted by molar-refractivity contribution is 7.80. The number of aryl methyl sites for hydroxylation is 1. The topological polar surface area (TPSA) is 97.9 Å². The molecule has 0 saturated carbocycles. The van der Waals surface area contributed by atoms with Crippen LogP contribution in [0.15, 0.2) is 28.9 Å². The van der Waals surface area contributed by atoms with E-state index in [4.69, 9.17) is 16.6 Å². The summed E-state index contributed by atoms with van der Waals surface area (Å²) in [6.45, 7) is 2.48. The fraction of sp³-hybridized carbons (Fsp3) is 0.182. The monoisotopic (exact) mass is 292 g/mol. The quantitative estimate of drug-likeness (QED) is 0.635. The van der Waals surface area contributed by atoms with Crippen molar-refractivity contribution in [3.8, 4) is 0 Å². The van der Waals surface area contributed by atoms with Gasteiger partial charge in [-0.1, -0.05) is 5.10 Å². The van der Waals surface area contributed by atoms with E-state index in [-0.39, 0.29) is 17.0 Å². The van der Waals surface area contributed by atoms with Crippen molar-refractivity contribution in [2.24, 2.45) is 0 Å². The molecule has 2 heterocycles. The number of anilines is 1. The van der Waals surface area contributed by atoms with Gasteiger partial charge in [-0.05, 0) is 42.6 Å². The van der Waals surface area contributed by atoms with Gasteiger partial charge in [0.05, 0.1) is 12.8 Å². The molecule has 0 atom stereocenters. The molecule has 2 rings (SSSR count). The van der Waals surface area contributed by atoms with Crippen LogP contribution in [0.1, 0.15) is 12.7 Å². The van der Waals surface area contributed by atoms with E-state index in [9.17, 15) is 4.79 Å². The van der Waals surface area contributed by atoms with Crippen LogP contribution in [0.4, 0.5) is 5.95 Å². The average Bonchev–Trinajstić information content (AvgIpc) is 3.06. The van der Waals surface area contributed by atoms with Gasteiger partial charge >= 0.3 is 0 Å². The zero-order valence-corrected chi connectivity index (χ0v) is 11.4. The van der Waals surface area contributed by atoms with Crippen LogP contribution < -0.4 is 10.6 Å². The Balaban J connectivity index is 1.83. The van der Waals surface area contributed by atoms with E-state index in [0.717, 1.165) is 0 Å². The number of hydrogen-bond donors (Lipinski definition) is 2. The minimum Gasteiger partial charge on any atom is -0.465 e. The summed E-state index contributed by atoms with van der Waals surface area (Å²) < 4.78 is 5.05. The SMILES string of the molecule is CCn1nnc(NC(=S)NC(=O)/C=C/c2ccco2)n1. The van der Waals surface area contributed by atoms with E-state index >= 15 is 0 Å². The molecule has 2 aromatic rings. The largest absolute Gasteiger partial charge is 0.465 e. The number of nitrogens with zero attached hydrogens (tertiary/aromatic N) is 4. The molecular formula is C11H12N6O2S. The molecule has 0 fully saturated rings. The van der Waals surface area contributed by atoms with E-state index in [2.05, 4.69) is 26.0 Å². The number of amides is 1. The predicted octanol–water partition coefficient (Wildman–Crippen LogP) is 0.812. The lowest BCUT2D eigenvalue weighted by atomic mass is 10.4. The standard InChI is InChI=1S/C11H12N6O2S/c1-2-17-15-10(14-16-17)13-11(20)12-9(18)6-5-8-4-3-7-19-8/h3-7H,2H2,1H3,(H2,12,13,15,18,20)/b6-5+. The summed E-state index contributed by atoms with van der Waals surface area (Å²) in [6.07, 6.45) is 4.36. The fourth-order valence-corrected chi connectivity index (χ4v) is 1.45. The molecule has 0 bridgehead atoms. The third-order valence-corrected chi connectivity index (χ3v) is 2.34. The first-order valence-corrected chi connectivity index (χ1v) is 6.19. The molecule has 0 saturated heterocycles. The molecular weight excluding hydrogens is 280 g/mol. The molecule has 0 unspecified atom stereocenters. The Kier molecular flexibility index (Phi) is 4.56. The highest BCUT2D eigenvalue weighted by atomic mass is 32.1. The van der Waals surface area contributed by atoms with Crippen LogP contribution in [0.25, 0.3) is 6.08 Å². The first kappa shape index (κ1) is 13.9. The Morgan fingerprint density at radius 3 is 3.10 bits per heavy atom. The van der Waals surface area contributed by atoms with Gasteiger partial charge in [0.2, 0.25) is 5.91 Å². The van der Waals surface area contributed by atoms with Gasteiger partial charge in [-0.2, -0.15) is 4.80 Å². The Morgan fingerprint density at radius 1 is 1.60 bits per heavy atom. The minimum absolute atomic E-state index is 0.0924. The molecule has 0 radical (unpaired) electrons. The summed E-state index contributed by atoms with van der Waals surface area (Å²) in [5.41, 5.74) is 0. The third kappa shape index (κ3) is 3.99. The maximum absolute atomic E-state index is 11.6. The first-order chi connectivity index (χ1) is 9.67. The number of furan rings is 1. The highest BCUT2D eigenvalue weighted by Gasteiger charge is 2.05. The molecule has 0 spiro atoms. The van der Waals surface area contributed by atoms with Gasteiger partial charge in [0.15, 0.2) is 5.11 Å². The third-order valence-electron chi connectivity index (χ3n) is 2.14. The molecule has 20 heavy (non-hydrogen) atoms.